The quantitative estimate of drug-likeness (QED) is 0.840. The van der Waals surface area contributed by atoms with Gasteiger partial charge in [0.1, 0.15) is 6.07 Å². The molecule has 0 aliphatic carbocycles. The molecule has 1 aromatic rings. The van der Waals surface area contributed by atoms with Crippen LogP contribution in [-0.2, 0) is 4.74 Å². The van der Waals surface area contributed by atoms with Gasteiger partial charge in [-0.15, -0.1) is 0 Å². The summed E-state index contributed by atoms with van der Waals surface area (Å²) in [5.74, 6) is 0.357. The van der Waals surface area contributed by atoms with Crippen LogP contribution < -0.4 is 10.5 Å². The molecule has 1 aromatic heterocycles. The molecule has 17 heavy (non-hydrogen) atoms. The summed E-state index contributed by atoms with van der Waals surface area (Å²) in [7, 11) is 1.66. The van der Waals surface area contributed by atoms with Crippen LogP contribution in [-0.4, -0.2) is 24.3 Å². The van der Waals surface area contributed by atoms with E-state index in [0.717, 1.165) is 6.42 Å². The Bertz CT molecular complexity index is 424. The van der Waals surface area contributed by atoms with Crippen LogP contribution >= 0.6 is 0 Å². The third-order valence-corrected chi connectivity index (χ3v) is 2.50. The van der Waals surface area contributed by atoms with E-state index in [1.54, 1.807) is 13.2 Å². The number of aromatic nitrogens is 1. The van der Waals surface area contributed by atoms with E-state index in [1.807, 2.05) is 19.9 Å². The van der Waals surface area contributed by atoms with E-state index in [4.69, 9.17) is 20.5 Å². The first-order valence-corrected chi connectivity index (χ1v) is 5.32. The SMILES string of the molecule is COC(C)(C)CCOc1ncc(C#N)cc1N. The summed E-state index contributed by atoms with van der Waals surface area (Å²) in [4.78, 5) is 3.98. The number of nitrogen functional groups attached to an aromatic ring is 1. The maximum atomic E-state index is 8.66. The Morgan fingerprint density at radius 3 is 2.76 bits per heavy atom. The van der Waals surface area contributed by atoms with E-state index in [2.05, 4.69) is 4.98 Å². The molecule has 0 fully saturated rings. The Morgan fingerprint density at radius 1 is 1.53 bits per heavy atom. The summed E-state index contributed by atoms with van der Waals surface area (Å²) in [5.41, 5.74) is 6.27. The lowest BCUT2D eigenvalue weighted by molar-refractivity contribution is 0.00515. The van der Waals surface area contributed by atoms with Gasteiger partial charge in [0.15, 0.2) is 0 Å². The molecular formula is C12H17N3O2. The monoisotopic (exact) mass is 235 g/mol. The van der Waals surface area contributed by atoms with Gasteiger partial charge in [0.25, 0.3) is 0 Å². The van der Waals surface area contributed by atoms with Gasteiger partial charge in [0.05, 0.1) is 23.5 Å². The Labute approximate surface area is 101 Å². The lowest BCUT2D eigenvalue weighted by Crippen LogP contribution is -2.25. The van der Waals surface area contributed by atoms with Crippen LogP contribution in [0.3, 0.4) is 0 Å². The van der Waals surface area contributed by atoms with E-state index < -0.39 is 0 Å². The summed E-state index contributed by atoms with van der Waals surface area (Å²) in [5, 5.41) is 8.66. The number of hydrogen-bond donors (Lipinski definition) is 1. The third-order valence-electron chi connectivity index (χ3n) is 2.50. The summed E-state index contributed by atoms with van der Waals surface area (Å²) in [6, 6.07) is 3.51. The lowest BCUT2D eigenvalue weighted by atomic mass is 10.1. The molecule has 0 aromatic carbocycles. The van der Waals surface area contributed by atoms with Crippen molar-refractivity contribution in [1.82, 2.24) is 4.98 Å². The van der Waals surface area contributed by atoms with Crippen molar-refractivity contribution in [3.8, 4) is 11.9 Å². The first kappa shape index (κ1) is 13.3. The van der Waals surface area contributed by atoms with Crippen LogP contribution in [0.25, 0.3) is 0 Å². The van der Waals surface area contributed by atoms with Crippen molar-refractivity contribution >= 4 is 5.69 Å². The molecule has 1 rings (SSSR count). The number of rotatable bonds is 5. The zero-order valence-corrected chi connectivity index (χ0v) is 10.4. The van der Waals surface area contributed by atoms with Crippen molar-refractivity contribution < 1.29 is 9.47 Å². The Kier molecular flexibility index (Phi) is 4.30. The number of anilines is 1. The number of nitrogens with zero attached hydrogens (tertiary/aromatic N) is 2. The van der Waals surface area contributed by atoms with Gasteiger partial charge in [-0.1, -0.05) is 0 Å². The van der Waals surface area contributed by atoms with Crippen molar-refractivity contribution in [2.24, 2.45) is 0 Å². The van der Waals surface area contributed by atoms with Gasteiger partial charge in [-0.05, 0) is 19.9 Å². The predicted molar refractivity (Wildman–Crippen MR) is 64.6 cm³/mol. The molecular weight excluding hydrogens is 218 g/mol. The molecule has 0 aliphatic rings. The van der Waals surface area contributed by atoms with E-state index in [-0.39, 0.29) is 5.60 Å². The van der Waals surface area contributed by atoms with Crippen LogP contribution in [0.1, 0.15) is 25.8 Å². The molecule has 0 atom stereocenters. The van der Waals surface area contributed by atoms with E-state index >= 15 is 0 Å². The van der Waals surface area contributed by atoms with Crippen LogP contribution in [0.4, 0.5) is 5.69 Å². The fourth-order valence-corrected chi connectivity index (χ4v) is 1.15. The second-order valence-electron chi connectivity index (χ2n) is 4.29. The first-order chi connectivity index (χ1) is 7.98. The molecule has 0 saturated carbocycles. The molecule has 0 amide bonds. The minimum Gasteiger partial charge on any atom is -0.476 e. The maximum Gasteiger partial charge on any atom is 0.237 e. The number of ether oxygens (including phenoxy) is 2. The van der Waals surface area contributed by atoms with Crippen molar-refractivity contribution in [3.05, 3.63) is 17.8 Å². The third kappa shape index (κ3) is 3.93. The number of nitrogens with two attached hydrogens (primary N) is 1. The fraction of sp³-hybridized carbons (Fsp3) is 0.500. The smallest absolute Gasteiger partial charge is 0.237 e. The Morgan fingerprint density at radius 2 is 2.24 bits per heavy atom. The average Bonchev–Trinajstić information content (AvgIpc) is 2.31. The first-order valence-electron chi connectivity index (χ1n) is 5.32. The van der Waals surface area contributed by atoms with Crippen LogP contribution in [0, 0.1) is 11.3 Å². The average molecular weight is 235 g/mol. The van der Waals surface area contributed by atoms with Gasteiger partial charge >= 0.3 is 0 Å². The summed E-state index contributed by atoms with van der Waals surface area (Å²) < 4.78 is 10.7. The zero-order chi connectivity index (χ0) is 12.9. The van der Waals surface area contributed by atoms with Crippen LogP contribution in [0.5, 0.6) is 5.88 Å². The highest BCUT2D eigenvalue weighted by atomic mass is 16.5. The molecule has 0 unspecified atom stereocenters. The van der Waals surface area contributed by atoms with Crippen molar-refractivity contribution in [1.29, 1.82) is 5.26 Å². The highest BCUT2D eigenvalue weighted by molar-refractivity contribution is 5.51. The van der Waals surface area contributed by atoms with E-state index in [0.29, 0.717) is 23.7 Å². The molecule has 5 nitrogen and oxygen atoms in total. The lowest BCUT2D eigenvalue weighted by Gasteiger charge is -2.22. The fourth-order valence-electron chi connectivity index (χ4n) is 1.15. The molecule has 0 saturated heterocycles. The minimum atomic E-state index is -0.235. The van der Waals surface area contributed by atoms with Gasteiger partial charge in [0, 0.05) is 19.7 Å². The zero-order valence-electron chi connectivity index (χ0n) is 10.4. The second kappa shape index (κ2) is 5.51. The molecule has 0 spiro atoms. The molecule has 1 heterocycles. The van der Waals surface area contributed by atoms with Crippen LogP contribution in [0.15, 0.2) is 12.3 Å². The number of pyridine rings is 1. The van der Waals surface area contributed by atoms with Gasteiger partial charge in [0.2, 0.25) is 5.88 Å². The summed E-state index contributed by atoms with van der Waals surface area (Å²) in [6.07, 6.45) is 2.16. The number of hydrogen-bond acceptors (Lipinski definition) is 5. The molecule has 92 valence electrons. The summed E-state index contributed by atoms with van der Waals surface area (Å²) >= 11 is 0. The molecule has 2 N–H and O–H groups in total. The van der Waals surface area contributed by atoms with E-state index in [9.17, 15) is 0 Å². The standard InChI is InChI=1S/C12H17N3O2/c1-12(2,16-3)4-5-17-11-10(14)6-9(7-13)8-15-11/h6,8H,4-5,14H2,1-3H3. The maximum absolute atomic E-state index is 8.66. The van der Waals surface area contributed by atoms with Gasteiger partial charge in [-0.2, -0.15) is 5.26 Å². The van der Waals surface area contributed by atoms with Gasteiger partial charge in [-0.25, -0.2) is 4.98 Å². The molecule has 0 bridgehead atoms. The predicted octanol–water partition coefficient (Wildman–Crippen LogP) is 1.73. The summed E-state index contributed by atoms with van der Waals surface area (Å²) in [6.45, 7) is 4.42. The Balaban J connectivity index is 2.56. The van der Waals surface area contributed by atoms with Crippen molar-refractivity contribution in [3.63, 3.8) is 0 Å². The normalized spacial score (nSPS) is 10.9. The highest BCUT2D eigenvalue weighted by Crippen LogP contribution is 2.20. The van der Waals surface area contributed by atoms with E-state index in [1.165, 1.54) is 6.20 Å². The molecule has 0 radical (unpaired) electrons. The van der Waals surface area contributed by atoms with Crippen LogP contribution in [0.2, 0.25) is 0 Å². The van der Waals surface area contributed by atoms with Gasteiger partial charge in [-0.3, -0.25) is 0 Å². The van der Waals surface area contributed by atoms with Gasteiger partial charge < -0.3 is 15.2 Å². The minimum absolute atomic E-state index is 0.235. The molecule has 5 heteroatoms. The van der Waals surface area contributed by atoms with Crippen molar-refractivity contribution in [2.75, 3.05) is 19.5 Å². The second-order valence-corrected chi connectivity index (χ2v) is 4.29. The number of methoxy groups -OCH3 is 1. The topological polar surface area (TPSA) is 81.2 Å². The Hall–Kier alpha value is -1.80. The largest absolute Gasteiger partial charge is 0.476 e. The number of nitriles is 1. The highest BCUT2D eigenvalue weighted by Gasteiger charge is 2.16. The van der Waals surface area contributed by atoms with Crippen molar-refractivity contribution in [2.45, 2.75) is 25.9 Å². The molecule has 0 aliphatic heterocycles.